The predicted molar refractivity (Wildman–Crippen MR) is 85.6 cm³/mol. The highest BCUT2D eigenvalue weighted by Gasteiger charge is 2.30. The molecule has 0 radical (unpaired) electrons. The van der Waals surface area contributed by atoms with E-state index in [1.807, 2.05) is 19.1 Å². The van der Waals surface area contributed by atoms with E-state index in [1.165, 1.54) is 4.31 Å². The van der Waals surface area contributed by atoms with Crippen LogP contribution in [0.4, 0.5) is 0 Å². The summed E-state index contributed by atoms with van der Waals surface area (Å²) in [5.74, 6) is 0.479. The fraction of sp³-hybridized carbons (Fsp3) is 0.375. The summed E-state index contributed by atoms with van der Waals surface area (Å²) >= 11 is 0. The zero-order chi connectivity index (χ0) is 16.3. The number of piperidine rings is 1. The molecule has 122 valence electrons. The van der Waals surface area contributed by atoms with Crippen molar-refractivity contribution in [3.63, 3.8) is 0 Å². The van der Waals surface area contributed by atoms with E-state index in [4.69, 9.17) is 4.74 Å². The SMILES string of the molecule is Cc1ccc(S(=O)(=O)N2CCC(Oc3cnccn3)CC2)cc1. The largest absolute Gasteiger partial charge is 0.473 e. The number of hydrogen-bond acceptors (Lipinski definition) is 5. The van der Waals surface area contributed by atoms with Gasteiger partial charge in [-0.15, -0.1) is 0 Å². The second kappa shape index (κ2) is 6.64. The van der Waals surface area contributed by atoms with Crippen molar-refractivity contribution < 1.29 is 13.2 Å². The second-order valence-corrected chi connectivity index (χ2v) is 7.52. The monoisotopic (exact) mass is 333 g/mol. The number of rotatable bonds is 4. The molecule has 0 atom stereocenters. The first-order valence-electron chi connectivity index (χ1n) is 7.55. The van der Waals surface area contributed by atoms with Crippen LogP contribution in [0.1, 0.15) is 18.4 Å². The molecule has 0 spiro atoms. The zero-order valence-corrected chi connectivity index (χ0v) is 13.7. The van der Waals surface area contributed by atoms with E-state index in [1.54, 1.807) is 30.7 Å². The van der Waals surface area contributed by atoms with Gasteiger partial charge in [0.2, 0.25) is 15.9 Å². The Bertz CT molecular complexity index is 740. The van der Waals surface area contributed by atoms with Crippen LogP contribution in [0.5, 0.6) is 5.88 Å². The van der Waals surface area contributed by atoms with Crippen LogP contribution in [-0.2, 0) is 10.0 Å². The molecule has 1 saturated heterocycles. The van der Waals surface area contributed by atoms with Gasteiger partial charge in [-0.05, 0) is 31.9 Å². The van der Waals surface area contributed by atoms with Crippen molar-refractivity contribution in [1.29, 1.82) is 0 Å². The molecule has 0 bridgehead atoms. The Balaban J connectivity index is 1.63. The highest BCUT2D eigenvalue weighted by molar-refractivity contribution is 7.89. The maximum atomic E-state index is 12.6. The van der Waals surface area contributed by atoms with E-state index >= 15 is 0 Å². The number of sulfonamides is 1. The summed E-state index contributed by atoms with van der Waals surface area (Å²) in [6, 6.07) is 6.95. The molecule has 7 heteroatoms. The van der Waals surface area contributed by atoms with E-state index in [0.717, 1.165) is 5.56 Å². The van der Waals surface area contributed by atoms with Crippen molar-refractivity contribution >= 4 is 10.0 Å². The summed E-state index contributed by atoms with van der Waals surface area (Å²) in [7, 11) is -3.43. The number of aryl methyl sites for hydroxylation is 1. The quantitative estimate of drug-likeness (QED) is 0.856. The van der Waals surface area contributed by atoms with Crippen LogP contribution in [0.3, 0.4) is 0 Å². The Hall–Kier alpha value is -1.99. The summed E-state index contributed by atoms with van der Waals surface area (Å²) in [4.78, 5) is 8.38. The molecule has 2 aromatic rings. The first kappa shape index (κ1) is 15.9. The van der Waals surface area contributed by atoms with Crippen LogP contribution >= 0.6 is 0 Å². The minimum absolute atomic E-state index is 0.0313. The van der Waals surface area contributed by atoms with Crippen LogP contribution in [0.2, 0.25) is 0 Å². The fourth-order valence-corrected chi connectivity index (χ4v) is 4.04. The maximum Gasteiger partial charge on any atom is 0.243 e. The summed E-state index contributed by atoms with van der Waals surface area (Å²) in [5, 5.41) is 0. The van der Waals surface area contributed by atoms with E-state index < -0.39 is 10.0 Å². The molecule has 0 saturated carbocycles. The van der Waals surface area contributed by atoms with E-state index in [2.05, 4.69) is 9.97 Å². The fourth-order valence-electron chi connectivity index (χ4n) is 2.57. The van der Waals surface area contributed by atoms with Gasteiger partial charge in [-0.3, -0.25) is 4.98 Å². The Kier molecular flexibility index (Phi) is 4.58. The molecule has 1 aliphatic heterocycles. The normalized spacial score (nSPS) is 17.1. The highest BCUT2D eigenvalue weighted by Crippen LogP contribution is 2.23. The molecule has 2 heterocycles. The lowest BCUT2D eigenvalue weighted by Gasteiger charge is -2.31. The Morgan fingerprint density at radius 2 is 1.83 bits per heavy atom. The molecule has 1 fully saturated rings. The lowest BCUT2D eigenvalue weighted by atomic mass is 10.1. The molecule has 3 rings (SSSR count). The smallest absolute Gasteiger partial charge is 0.243 e. The molecule has 0 N–H and O–H groups in total. The van der Waals surface area contributed by atoms with Crippen molar-refractivity contribution in [3.05, 3.63) is 48.4 Å². The number of benzene rings is 1. The third-order valence-corrected chi connectivity index (χ3v) is 5.80. The molecule has 0 aliphatic carbocycles. The van der Waals surface area contributed by atoms with Gasteiger partial charge in [0.1, 0.15) is 6.10 Å². The van der Waals surface area contributed by atoms with E-state index in [9.17, 15) is 8.42 Å². The number of nitrogens with zero attached hydrogens (tertiary/aromatic N) is 3. The third kappa shape index (κ3) is 3.68. The van der Waals surface area contributed by atoms with Crippen molar-refractivity contribution in [2.45, 2.75) is 30.8 Å². The average molecular weight is 333 g/mol. The highest BCUT2D eigenvalue weighted by atomic mass is 32.2. The second-order valence-electron chi connectivity index (χ2n) is 5.58. The molecule has 23 heavy (non-hydrogen) atoms. The molecule has 1 aliphatic rings. The Morgan fingerprint density at radius 3 is 2.43 bits per heavy atom. The Labute approximate surface area is 136 Å². The van der Waals surface area contributed by atoms with E-state index in [0.29, 0.717) is 36.7 Å². The van der Waals surface area contributed by atoms with Crippen molar-refractivity contribution in [2.75, 3.05) is 13.1 Å². The van der Waals surface area contributed by atoms with Crippen molar-refractivity contribution in [2.24, 2.45) is 0 Å². The van der Waals surface area contributed by atoms with Crippen LogP contribution in [-0.4, -0.2) is 41.9 Å². The third-order valence-electron chi connectivity index (χ3n) is 3.89. The molecular weight excluding hydrogens is 314 g/mol. The summed E-state index contributed by atoms with van der Waals surface area (Å²) in [6.45, 7) is 2.83. The molecular formula is C16H19N3O3S. The van der Waals surface area contributed by atoms with Gasteiger partial charge >= 0.3 is 0 Å². The van der Waals surface area contributed by atoms with Crippen molar-refractivity contribution in [1.82, 2.24) is 14.3 Å². The topological polar surface area (TPSA) is 72.4 Å². The van der Waals surface area contributed by atoms with Gasteiger partial charge in [0, 0.05) is 25.5 Å². The minimum Gasteiger partial charge on any atom is -0.473 e. The summed E-state index contributed by atoms with van der Waals surface area (Å²) in [5.41, 5.74) is 1.04. The predicted octanol–water partition coefficient (Wildman–Crippen LogP) is 2.02. The molecule has 6 nitrogen and oxygen atoms in total. The first-order chi connectivity index (χ1) is 11.1. The van der Waals surface area contributed by atoms with Crippen LogP contribution in [0, 0.1) is 6.92 Å². The number of hydrogen-bond donors (Lipinski definition) is 0. The molecule has 0 unspecified atom stereocenters. The standard InChI is InChI=1S/C16H19N3O3S/c1-13-2-4-15(5-3-13)23(20,21)19-10-6-14(7-11-19)22-16-12-17-8-9-18-16/h2-5,8-9,12,14H,6-7,10-11H2,1H3. The van der Waals surface area contributed by atoms with Crippen LogP contribution in [0.25, 0.3) is 0 Å². The molecule has 0 amide bonds. The van der Waals surface area contributed by atoms with Gasteiger partial charge in [-0.25, -0.2) is 13.4 Å². The number of ether oxygens (including phenoxy) is 1. The van der Waals surface area contributed by atoms with Gasteiger partial charge in [0.25, 0.3) is 0 Å². The summed E-state index contributed by atoms with van der Waals surface area (Å²) in [6.07, 6.45) is 5.98. The van der Waals surface area contributed by atoms with Gasteiger partial charge in [-0.1, -0.05) is 17.7 Å². The van der Waals surface area contributed by atoms with Gasteiger partial charge in [-0.2, -0.15) is 4.31 Å². The number of aromatic nitrogens is 2. The molecule has 1 aromatic heterocycles. The van der Waals surface area contributed by atoms with Crippen LogP contribution < -0.4 is 4.74 Å². The maximum absolute atomic E-state index is 12.6. The Morgan fingerprint density at radius 1 is 1.13 bits per heavy atom. The van der Waals surface area contributed by atoms with E-state index in [-0.39, 0.29) is 6.10 Å². The van der Waals surface area contributed by atoms with Gasteiger partial charge in [0.05, 0.1) is 11.1 Å². The average Bonchev–Trinajstić information content (AvgIpc) is 2.57. The van der Waals surface area contributed by atoms with Crippen molar-refractivity contribution in [3.8, 4) is 5.88 Å². The van der Waals surface area contributed by atoms with Gasteiger partial charge < -0.3 is 4.74 Å². The minimum atomic E-state index is -3.43. The lowest BCUT2D eigenvalue weighted by molar-refractivity contribution is 0.129. The summed E-state index contributed by atoms with van der Waals surface area (Å²) < 4.78 is 32.5. The molecule has 1 aromatic carbocycles. The first-order valence-corrected chi connectivity index (χ1v) is 8.99. The lowest BCUT2D eigenvalue weighted by Crippen LogP contribution is -2.41. The van der Waals surface area contributed by atoms with Gasteiger partial charge in [0.15, 0.2) is 0 Å². The zero-order valence-electron chi connectivity index (χ0n) is 12.9. The van der Waals surface area contributed by atoms with Crippen LogP contribution in [0.15, 0.2) is 47.8 Å².